The Balaban J connectivity index is 3.94. The SMILES string of the molecule is CCC(CC)(CO)CNCC(Cl)=CCl. The van der Waals surface area contributed by atoms with Crippen molar-refractivity contribution in [2.75, 3.05) is 19.7 Å². The number of rotatable bonds is 7. The molecule has 14 heavy (non-hydrogen) atoms. The predicted molar refractivity (Wildman–Crippen MR) is 62.8 cm³/mol. The van der Waals surface area contributed by atoms with Crippen molar-refractivity contribution < 1.29 is 5.11 Å². The van der Waals surface area contributed by atoms with Gasteiger partial charge in [-0.25, -0.2) is 0 Å². The highest BCUT2D eigenvalue weighted by molar-refractivity contribution is 6.36. The summed E-state index contributed by atoms with van der Waals surface area (Å²) in [6, 6.07) is 0. The topological polar surface area (TPSA) is 32.3 Å². The Morgan fingerprint density at radius 2 is 2.00 bits per heavy atom. The molecule has 0 aliphatic carbocycles. The molecule has 2 N–H and O–H groups in total. The average molecular weight is 240 g/mol. The first-order valence-electron chi connectivity index (χ1n) is 4.90. The molecule has 0 saturated carbocycles. The van der Waals surface area contributed by atoms with E-state index in [0.29, 0.717) is 11.6 Å². The maximum atomic E-state index is 9.29. The molecule has 0 atom stereocenters. The predicted octanol–water partition coefficient (Wildman–Crippen LogP) is 2.69. The fraction of sp³-hybridized carbons (Fsp3) is 0.800. The van der Waals surface area contributed by atoms with Gasteiger partial charge in [0, 0.05) is 35.7 Å². The number of hydrogen-bond donors (Lipinski definition) is 2. The first-order chi connectivity index (χ1) is 6.64. The lowest BCUT2D eigenvalue weighted by molar-refractivity contribution is 0.114. The maximum absolute atomic E-state index is 9.29. The van der Waals surface area contributed by atoms with Gasteiger partial charge in [0.1, 0.15) is 0 Å². The largest absolute Gasteiger partial charge is 0.396 e. The molecule has 0 aromatic rings. The van der Waals surface area contributed by atoms with Gasteiger partial charge >= 0.3 is 0 Å². The van der Waals surface area contributed by atoms with Gasteiger partial charge in [-0.1, -0.05) is 37.0 Å². The van der Waals surface area contributed by atoms with Gasteiger partial charge in [0.2, 0.25) is 0 Å². The minimum absolute atomic E-state index is 0.0243. The van der Waals surface area contributed by atoms with Gasteiger partial charge in [0.05, 0.1) is 0 Å². The molecule has 0 unspecified atom stereocenters. The molecule has 0 amide bonds. The Hall–Kier alpha value is 0.240. The fourth-order valence-electron chi connectivity index (χ4n) is 1.27. The first kappa shape index (κ1) is 14.2. The lowest BCUT2D eigenvalue weighted by atomic mass is 9.83. The maximum Gasteiger partial charge on any atom is 0.0499 e. The molecular formula is C10H19Cl2NO. The summed E-state index contributed by atoms with van der Waals surface area (Å²) < 4.78 is 0. The van der Waals surface area contributed by atoms with E-state index in [9.17, 15) is 5.11 Å². The lowest BCUT2D eigenvalue weighted by Gasteiger charge is -2.29. The van der Waals surface area contributed by atoms with Crippen LogP contribution in [0.4, 0.5) is 0 Å². The molecule has 0 aromatic carbocycles. The van der Waals surface area contributed by atoms with E-state index in [1.807, 2.05) is 0 Å². The molecule has 84 valence electrons. The van der Waals surface area contributed by atoms with Crippen molar-refractivity contribution >= 4 is 23.2 Å². The first-order valence-corrected chi connectivity index (χ1v) is 5.72. The van der Waals surface area contributed by atoms with E-state index in [1.165, 1.54) is 5.54 Å². The Morgan fingerprint density at radius 1 is 1.43 bits per heavy atom. The molecule has 0 aromatic heterocycles. The zero-order chi connectivity index (χ0) is 11.0. The molecule has 0 fully saturated rings. The van der Waals surface area contributed by atoms with Crippen LogP contribution in [0.25, 0.3) is 0 Å². The van der Waals surface area contributed by atoms with Gasteiger partial charge in [0.15, 0.2) is 0 Å². The number of halogens is 2. The Bertz CT molecular complexity index is 171. The Morgan fingerprint density at radius 3 is 2.36 bits per heavy atom. The van der Waals surface area contributed by atoms with E-state index in [2.05, 4.69) is 19.2 Å². The van der Waals surface area contributed by atoms with E-state index < -0.39 is 0 Å². The number of aliphatic hydroxyl groups is 1. The smallest absolute Gasteiger partial charge is 0.0499 e. The van der Waals surface area contributed by atoms with Gasteiger partial charge in [0.25, 0.3) is 0 Å². The Kier molecular flexibility index (Phi) is 7.65. The second-order valence-electron chi connectivity index (χ2n) is 3.52. The van der Waals surface area contributed by atoms with Crippen molar-refractivity contribution in [1.29, 1.82) is 0 Å². The van der Waals surface area contributed by atoms with E-state index >= 15 is 0 Å². The summed E-state index contributed by atoms with van der Waals surface area (Å²) in [4.78, 5) is 0. The third-order valence-electron chi connectivity index (χ3n) is 2.75. The summed E-state index contributed by atoms with van der Waals surface area (Å²) in [5.74, 6) is 0. The summed E-state index contributed by atoms with van der Waals surface area (Å²) in [7, 11) is 0. The quantitative estimate of drug-likeness (QED) is 0.717. The summed E-state index contributed by atoms with van der Waals surface area (Å²) in [5.41, 5.74) is 1.33. The minimum atomic E-state index is -0.0243. The van der Waals surface area contributed by atoms with E-state index in [4.69, 9.17) is 23.2 Å². The van der Waals surface area contributed by atoms with Crippen LogP contribution < -0.4 is 5.32 Å². The molecule has 0 spiro atoms. The summed E-state index contributed by atoms with van der Waals surface area (Å²) >= 11 is 11.1. The standard InChI is InChI=1S/C10H19Cl2NO/c1-3-10(4-2,8-14)7-13-6-9(12)5-11/h5,13-14H,3-4,6-8H2,1-2H3. The van der Waals surface area contributed by atoms with Crippen LogP contribution >= 0.6 is 23.2 Å². The van der Waals surface area contributed by atoms with Crippen LogP contribution in [-0.2, 0) is 0 Å². The van der Waals surface area contributed by atoms with E-state index in [1.54, 1.807) is 0 Å². The van der Waals surface area contributed by atoms with E-state index in [0.717, 1.165) is 19.4 Å². The van der Waals surface area contributed by atoms with Crippen LogP contribution in [0, 0.1) is 5.41 Å². The third kappa shape index (κ3) is 4.65. The van der Waals surface area contributed by atoms with Crippen LogP contribution in [0.15, 0.2) is 10.6 Å². The molecule has 0 saturated heterocycles. The van der Waals surface area contributed by atoms with Gasteiger partial charge in [-0.05, 0) is 12.8 Å². The molecule has 0 aliphatic heterocycles. The second-order valence-corrected chi connectivity index (χ2v) is 4.23. The highest BCUT2D eigenvalue weighted by atomic mass is 35.5. The van der Waals surface area contributed by atoms with Gasteiger partial charge < -0.3 is 10.4 Å². The van der Waals surface area contributed by atoms with Crippen LogP contribution in [0.1, 0.15) is 26.7 Å². The van der Waals surface area contributed by atoms with Crippen molar-refractivity contribution in [1.82, 2.24) is 5.32 Å². The Labute approximate surface area is 96.3 Å². The molecule has 2 nitrogen and oxygen atoms in total. The zero-order valence-electron chi connectivity index (χ0n) is 8.82. The second kappa shape index (κ2) is 7.52. The van der Waals surface area contributed by atoms with Crippen LogP contribution in [0.3, 0.4) is 0 Å². The van der Waals surface area contributed by atoms with Gasteiger partial charge in [-0.3, -0.25) is 0 Å². The normalized spacial score (nSPS) is 13.4. The molecule has 0 aliphatic rings. The van der Waals surface area contributed by atoms with Gasteiger partial charge in [-0.2, -0.15) is 0 Å². The molecule has 0 bridgehead atoms. The highest BCUT2D eigenvalue weighted by Crippen LogP contribution is 2.24. The van der Waals surface area contributed by atoms with Crippen LogP contribution in [0.2, 0.25) is 0 Å². The van der Waals surface area contributed by atoms with Gasteiger partial charge in [-0.15, -0.1) is 0 Å². The number of aliphatic hydroxyl groups excluding tert-OH is 1. The van der Waals surface area contributed by atoms with Crippen molar-refractivity contribution in [2.24, 2.45) is 5.41 Å². The lowest BCUT2D eigenvalue weighted by Crippen LogP contribution is -2.37. The van der Waals surface area contributed by atoms with Crippen LogP contribution in [-0.4, -0.2) is 24.8 Å². The average Bonchev–Trinajstić information content (AvgIpc) is 2.25. The number of hydrogen-bond acceptors (Lipinski definition) is 2. The monoisotopic (exact) mass is 239 g/mol. The fourth-order valence-corrected chi connectivity index (χ4v) is 1.44. The van der Waals surface area contributed by atoms with Crippen LogP contribution in [0.5, 0.6) is 0 Å². The molecule has 4 heteroatoms. The summed E-state index contributed by atoms with van der Waals surface area (Å²) in [5, 5.41) is 13.1. The molecule has 0 heterocycles. The summed E-state index contributed by atoms with van der Waals surface area (Å²) in [6.07, 6.45) is 1.91. The third-order valence-corrected chi connectivity index (χ3v) is 3.37. The molecular weight excluding hydrogens is 221 g/mol. The molecule has 0 rings (SSSR count). The number of nitrogens with one attached hydrogen (secondary N) is 1. The minimum Gasteiger partial charge on any atom is -0.396 e. The van der Waals surface area contributed by atoms with Crippen molar-refractivity contribution in [2.45, 2.75) is 26.7 Å². The van der Waals surface area contributed by atoms with Crippen molar-refractivity contribution in [3.05, 3.63) is 10.6 Å². The zero-order valence-corrected chi connectivity index (χ0v) is 10.3. The van der Waals surface area contributed by atoms with Crippen molar-refractivity contribution in [3.63, 3.8) is 0 Å². The molecule has 0 radical (unpaired) electrons. The van der Waals surface area contributed by atoms with Crippen molar-refractivity contribution in [3.8, 4) is 0 Å². The van der Waals surface area contributed by atoms with E-state index in [-0.39, 0.29) is 12.0 Å². The summed E-state index contributed by atoms with van der Waals surface area (Å²) in [6.45, 7) is 5.69. The highest BCUT2D eigenvalue weighted by Gasteiger charge is 2.24.